The van der Waals surface area contributed by atoms with Crippen LogP contribution in [-0.4, -0.2) is 25.0 Å². The van der Waals surface area contributed by atoms with Crippen molar-refractivity contribution in [3.05, 3.63) is 29.8 Å². The van der Waals surface area contributed by atoms with Crippen LogP contribution in [0, 0.1) is 11.3 Å². The van der Waals surface area contributed by atoms with Crippen molar-refractivity contribution in [2.45, 2.75) is 40.2 Å². The second-order valence-electron chi connectivity index (χ2n) is 6.26. The molecule has 2 rings (SSSR count). The van der Waals surface area contributed by atoms with E-state index in [9.17, 15) is 4.79 Å². The summed E-state index contributed by atoms with van der Waals surface area (Å²) in [7, 11) is 0. The van der Waals surface area contributed by atoms with Crippen LogP contribution in [0.25, 0.3) is 0 Å². The van der Waals surface area contributed by atoms with Crippen molar-refractivity contribution >= 4 is 5.78 Å². The SMILES string of the molecule is CC(C)Oc1cccc(C(=O)C2(C(C)C)CCNC2)c1. The molecule has 1 N–H and O–H groups in total. The van der Waals surface area contributed by atoms with Gasteiger partial charge in [-0.25, -0.2) is 0 Å². The first-order chi connectivity index (χ1) is 9.45. The fourth-order valence-electron chi connectivity index (χ4n) is 2.93. The highest BCUT2D eigenvalue weighted by Gasteiger charge is 2.44. The minimum atomic E-state index is -0.267. The molecule has 3 heteroatoms. The first-order valence-corrected chi connectivity index (χ1v) is 7.48. The number of carbonyl (C=O) groups is 1. The molecule has 1 atom stereocenters. The van der Waals surface area contributed by atoms with E-state index in [1.165, 1.54) is 0 Å². The van der Waals surface area contributed by atoms with E-state index in [2.05, 4.69) is 19.2 Å². The molecule has 0 spiro atoms. The summed E-state index contributed by atoms with van der Waals surface area (Å²) in [5, 5.41) is 3.34. The highest BCUT2D eigenvalue weighted by molar-refractivity contribution is 6.01. The van der Waals surface area contributed by atoms with Crippen molar-refractivity contribution in [2.24, 2.45) is 11.3 Å². The van der Waals surface area contributed by atoms with Crippen LogP contribution in [-0.2, 0) is 0 Å². The standard InChI is InChI=1S/C17H25NO2/c1-12(2)17(8-9-18-11-17)16(19)14-6-5-7-15(10-14)20-13(3)4/h5-7,10,12-13,18H,8-9,11H2,1-4H3. The van der Waals surface area contributed by atoms with Crippen molar-refractivity contribution in [3.63, 3.8) is 0 Å². The number of hydrogen-bond donors (Lipinski definition) is 1. The molecule has 110 valence electrons. The molecule has 1 aromatic carbocycles. The third-order valence-corrected chi connectivity index (χ3v) is 4.21. The third-order valence-electron chi connectivity index (χ3n) is 4.21. The molecule has 1 saturated heterocycles. The molecule has 0 amide bonds. The molecule has 0 bridgehead atoms. The molecule has 1 aliphatic rings. The number of hydrogen-bond acceptors (Lipinski definition) is 3. The lowest BCUT2D eigenvalue weighted by Gasteiger charge is -2.31. The summed E-state index contributed by atoms with van der Waals surface area (Å²) in [4.78, 5) is 13.0. The maximum absolute atomic E-state index is 13.0. The smallest absolute Gasteiger partial charge is 0.170 e. The minimum absolute atomic E-state index is 0.118. The molecule has 1 heterocycles. The van der Waals surface area contributed by atoms with Crippen molar-refractivity contribution in [1.29, 1.82) is 0 Å². The third kappa shape index (κ3) is 2.88. The van der Waals surface area contributed by atoms with Gasteiger partial charge in [0.15, 0.2) is 5.78 Å². The Kier molecular flexibility index (Phi) is 4.48. The Morgan fingerprint density at radius 2 is 2.05 bits per heavy atom. The van der Waals surface area contributed by atoms with E-state index in [1.54, 1.807) is 0 Å². The van der Waals surface area contributed by atoms with Gasteiger partial charge in [-0.05, 0) is 44.9 Å². The Balaban J connectivity index is 2.28. The molecule has 0 aliphatic carbocycles. The van der Waals surface area contributed by atoms with Crippen LogP contribution in [0.1, 0.15) is 44.5 Å². The van der Waals surface area contributed by atoms with Crippen molar-refractivity contribution in [2.75, 3.05) is 13.1 Å². The zero-order valence-corrected chi connectivity index (χ0v) is 12.9. The van der Waals surface area contributed by atoms with Crippen LogP contribution in [0.5, 0.6) is 5.75 Å². The van der Waals surface area contributed by atoms with Crippen LogP contribution in [0.3, 0.4) is 0 Å². The van der Waals surface area contributed by atoms with Crippen LogP contribution in [0.4, 0.5) is 0 Å². The van der Waals surface area contributed by atoms with Crippen LogP contribution < -0.4 is 10.1 Å². The van der Waals surface area contributed by atoms with E-state index in [-0.39, 0.29) is 17.3 Å². The average molecular weight is 275 g/mol. The van der Waals surface area contributed by atoms with E-state index in [0.29, 0.717) is 5.92 Å². The van der Waals surface area contributed by atoms with Gasteiger partial charge >= 0.3 is 0 Å². The predicted octanol–water partition coefficient (Wildman–Crippen LogP) is 3.29. The quantitative estimate of drug-likeness (QED) is 0.838. The Labute approximate surface area is 121 Å². The summed E-state index contributed by atoms with van der Waals surface area (Å²) in [6, 6.07) is 7.59. The van der Waals surface area contributed by atoms with E-state index in [1.807, 2.05) is 38.1 Å². The van der Waals surface area contributed by atoms with Gasteiger partial charge in [-0.2, -0.15) is 0 Å². The largest absolute Gasteiger partial charge is 0.491 e. The maximum Gasteiger partial charge on any atom is 0.170 e. The molecule has 20 heavy (non-hydrogen) atoms. The van der Waals surface area contributed by atoms with Gasteiger partial charge in [0.25, 0.3) is 0 Å². The molecule has 3 nitrogen and oxygen atoms in total. The number of rotatable bonds is 5. The summed E-state index contributed by atoms with van der Waals surface area (Å²) >= 11 is 0. The van der Waals surface area contributed by atoms with E-state index < -0.39 is 0 Å². The molecule has 1 unspecified atom stereocenters. The Morgan fingerprint density at radius 1 is 1.30 bits per heavy atom. The molecule has 1 aliphatic heterocycles. The van der Waals surface area contributed by atoms with Gasteiger partial charge in [0.05, 0.1) is 6.10 Å². The molecule has 0 saturated carbocycles. The second kappa shape index (κ2) is 5.96. The molecule has 0 aromatic heterocycles. The number of Topliss-reactive ketones (excluding diaryl/α,β-unsaturated/α-hetero) is 1. The summed E-state index contributed by atoms with van der Waals surface area (Å²) in [6.07, 6.45) is 1.03. The monoisotopic (exact) mass is 275 g/mol. The van der Waals surface area contributed by atoms with Crippen molar-refractivity contribution in [1.82, 2.24) is 5.32 Å². The van der Waals surface area contributed by atoms with Gasteiger partial charge < -0.3 is 10.1 Å². The number of benzene rings is 1. The lowest BCUT2D eigenvalue weighted by Crippen LogP contribution is -2.38. The fraction of sp³-hybridized carbons (Fsp3) is 0.588. The van der Waals surface area contributed by atoms with E-state index >= 15 is 0 Å². The molecular weight excluding hydrogens is 250 g/mol. The molecule has 1 aromatic rings. The first kappa shape index (κ1) is 15.0. The normalized spacial score (nSPS) is 22.5. The van der Waals surface area contributed by atoms with Crippen molar-refractivity contribution in [3.8, 4) is 5.75 Å². The Bertz CT molecular complexity index is 474. The summed E-state index contributed by atoms with van der Waals surface area (Å²) in [5.41, 5.74) is 0.497. The Morgan fingerprint density at radius 3 is 2.60 bits per heavy atom. The minimum Gasteiger partial charge on any atom is -0.491 e. The van der Waals surface area contributed by atoms with Crippen LogP contribution in [0.2, 0.25) is 0 Å². The molecule has 1 fully saturated rings. The summed E-state index contributed by atoms with van der Waals surface area (Å²) in [5.74, 6) is 1.35. The fourth-order valence-corrected chi connectivity index (χ4v) is 2.93. The first-order valence-electron chi connectivity index (χ1n) is 7.48. The number of carbonyl (C=O) groups excluding carboxylic acids is 1. The van der Waals surface area contributed by atoms with Gasteiger partial charge in [-0.1, -0.05) is 26.0 Å². The van der Waals surface area contributed by atoms with Crippen LogP contribution >= 0.6 is 0 Å². The van der Waals surface area contributed by atoms with Crippen molar-refractivity contribution < 1.29 is 9.53 Å². The summed E-state index contributed by atoms with van der Waals surface area (Å²) < 4.78 is 5.69. The maximum atomic E-state index is 13.0. The van der Waals surface area contributed by atoms with Gasteiger partial charge in [0.1, 0.15) is 5.75 Å². The lowest BCUT2D eigenvalue weighted by atomic mass is 9.71. The zero-order valence-electron chi connectivity index (χ0n) is 12.9. The van der Waals surface area contributed by atoms with Gasteiger partial charge in [-0.15, -0.1) is 0 Å². The molecular formula is C17H25NO2. The number of ketones is 1. The van der Waals surface area contributed by atoms with Gasteiger partial charge in [-0.3, -0.25) is 4.79 Å². The van der Waals surface area contributed by atoms with Gasteiger partial charge in [0.2, 0.25) is 0 Å². The second-order valence-corrected chi connectivity index (χ2v) is 6.26. The topological polar surface area (TPSA) is 38.3 Å². The molecule has 0 radical (unpaired) electrons. The number of ether oxygens (including phenoxy) is 1. The average Bonchev–Trinajstić information content (AvgIpc) is 2.88. The van der Waals surface area contributed by atoms with E-state index in [4.69, 9.17) is 4.74 Å². The zero-order chi connectivity index (χ0) is 14.8. The number of nitrogens with one attached hydrogen (secondary N) is 1. The summed E-state index contributed by atoms with van der Waals surface area (Å²) in [6.45, 7) is 9.96. The highest BCUT2D eigenvalue weighted by atomic mass is 16.5. The van der Waals surface area contributed by atoms with Crippen LogP contribution in [0.15, 0.2) is 24.3 Å². The highest BCUT2D eigenvalue weighted by Crippen LogP contribution is 2.38. The van der Waals surface area contributed by atoms with E-state index in [0.717, 1.165) is 30.8 Å². The predicted molar refractivity (Wildman–Crippen MR) is 81.3 cm³/mol. The van der Waals surface area contributed by atoms with Gasteiger partial charge in [0, 0.05) is 17.5 Å². The Hall–Kier alpha value is -1.35. The lowest BCUT2D eigenvalue weighted by molar-refractivity contribution is 0.0739.